The lowest BCUT2D eigenvalue weighted by molar-refractivity contribution is 0.0546. The summed E-state index contributed by atoms with van der Waals surface area (Å²) in [5, 5.41) is 6.14. The zero-order chi connectivity index (χ0) is 51.7. The third kappa shape index (κ3) is 10.8. The van der Waals surface area contributed by atoms with Crippen molar-refractivity contribution in [2.45, 2.75) is 84.1 Å². The normalized spacial score (nSPS) is 12.7. The second kappa shape index (κ2) is 20.1. The van der Waals surface area contributed by atoms with Crippen LogP contribution in [0, 0.1) is 19.7 Å². The molecule has 0 radical (unpaired) electrons. The van der Waals surface area contributed by atoms with Crippen LogP contribution in [-0.2, 0) is 40.3 Å². The van der Waals surface area contributed by atoms with E-state index in [1.165, 1.54) is 38.2 Å². The number of aromatic nitrogens is 5. The van der Waals surface area contributed by atoms with E-state index < -0.39 is 60.9 Å². The van der Waals surface area contributed by atoms with Crippen LogP contribution in [0.1, 0.15) is 76.5 Å². The van der Waals surface area contributed by atoms with Gasteiger partial charge < -0.3 is 14.2 Å². The lowest BCUT2D eigenvalue weighted by Crippen LogP contribution is -2.27. The first-order valence-corrected chi connectivity index (χ1v) is 25.8. The molecule has 2 N–H and O–H groups in total. The van der Waals surface area contributed by atoms with Crippen molar-refractivity contribution >= 4 is 93.6 Å². The fourth-order valence-corrected chi connectivity index (χ4v) is 9.82. The van der Waals surface area contributed by atoms with E-state index in [2.05, 4.69) is 30.6 Å². The number of hydrogen-bond acceptors (Lipinski definition) is 14. The standard InChI is InChI=1S/C27H29FN4O6S.C23H22FN3O4S/c1-7-37-25(33)30-17-10-9-16-12-20(39(35,36)8-2)23(31-18(16)13-17)24-21(28)22-19(11-15(3)14-29-22)32(24)26(34)38-27(4,5)6;1-4-31-23(28)26-16-7-6-14-10-19(32(29,30)5-2)22(27-18(14)11-16)17-9-15-8-13(3)12-25-21(15)20(17)24/h9-14H,7-8H2,1-6H3,(H,30,33);6-8,10-12H,4-5,9H2,1-3H3,(H,26,28). The fourth-order valence-electron chi connectivity index (χ4n) is 7.68. The van der Waals surface area contributed by atoms with Gasteiger partial charge in [-0.1, -0.05) is 32.0 Å². The number of hydrogen-bond donors (Lipinski definition) is 2. The van der Waals surface area contributed by atoms with Gasteiger partial charge in [0, 0.05) is 46.5 Å². The maximum atomic E-state index is 16.1. The van der Waals surface area contributed by atoms with Crippen LogP contribution in [0.25, 0.3) is 55.6 Å². The van der Waals surface area contributed by atoms with E-state index in [4.69, 9.17) is 14.2 Å². The Hall–Kier alpha value is -7.39. The minimum Gasteiger partial charge on any atom is -0.450 e. The number of amides is 2. The van der Waals surface area contributed by atoms with Gasteiger partial charge in [0.25, 0.3) is 0 Å². The maximum absolute atomic E-state index is 16.1. The molecule has 8 rings (SSSR count). The Balaban J connectivity index is 0.000000213. The van der Waals surface area contributed by atoms with Gasteiger partial charge in [-0.15, -0.1) is 0 Å². The van der Waals surface area contributed by atoms with E-state index in [0.29, 0.717) is 38.8 Å². The van der Waals surface area contributed by atoms with Crippen LogP contribution in [0.3, 0.4) is 0 Å². The molecular formula is C50H51F2N7O10S2. The van der Waals surface area contributed by atoms with Gasteiger partial charge in [-0.3, -0.25) is 20.6 Å². The molecule has 0 aliphatic heterocycles. The summed E-state index contributed by atoms with van der Waals surface area (Å²) < 4.78 is 100.0. The number of nitrogens with one attached hydrogen (secondary N) is 2. The predicted octanol–water partition coefficient (Wildman–Crippen LogP) is 10.5. The maximum Gasteiger partial charge on any atom is 0.419 e. The highest BCUT2D eigenvalue weighted by Gasteiger charge is 2.33. The van der Waals surface area contributed by atoms with Crippen LogP contribution in [-0.4, -0.2) is 89.9 Å². The van der Waals surface area contributed by atoms with E-state index in [0.717, 1.165) is 10.1 Å². The Bertz CT molecular complexity index is 3570. The summed E-state index contributed by atoms with van der Waals surface area (Å²) >= 11 is 0. The Kier molecular flexibility index (Phi) is 14.6. The van der Waals surface area contributed by atoms with E-state index in [-0.39, 0.29) is 80.1 Å². The summed E-state index contributed by atoms with van der Waals surface area (Å²) in [7, 11) is -7.64. The van der Waals surface area contributed by atoms with E-state index in [9.17, 15) is 31.2 Å². The molecule has 5 aromatic heterocycles. The molecule has 17 nitrogen and oxygen atoms in total. The molecule has 2 amide bonds. The van der Waals surface area contributed by atoms with Crippen molar-refractivity contribution in [2.24, 2.45) is 0 Å². The van der Waals surface area contributed by atoms with Gasteiger partial charge in [0.1, 0.15) is 28.2 Å². The number of ether oxygens (including phenoxy) is 3. The Labute approximate surface area is 408 Å². The number of anilines is 2. The topological polar surface area (TPSA) is 228 Å². The summed E-state index contributed by atoms with van der Waals surface area (Å²) in [6.07, 6.45) is 1.00. The Morgan fingerprint density at radius 2 is 1.20 bits per heavy atom. The van der Waals surface area contributed by atoms with Crippen LogP contribution in [0.15, 0.2) is 82.8 Å². The van der Waals surface area contributed by atoms with Crippen LogP contribution in [0.4, 0.5) is 34.5 Å². The molecule has 5 heterocycles. The number of aryl methyl sites for hydroxylation is 2. The van der Waals surface area contributed by atoms with E-state index >= 15 is 8.78 Å². The number of carbonyl (C=O) groups is 3. The summed E-state index contributed by atoms with van der Waals surface area (Å²) in [4.78, 5) is 54.2. The number of halogens is 2. The molecule has 0 fully saturated rings. The van der Waals surface area contributed by atoms with Crippen LogP contribution in [0.2, 0.25) is 0 Å². The SMILES string of the molecule is CCOC(=O)Nc1ccc2cc(S(=O)(=O)CC)c(-c3c(F)c4ncc(C)cc4n3C(=O)OC(C)(C)C)nc2c1.CCOC(=O)Nc1ccc2cc(S(=O)(=O)CC)c(C3=C(F)c4ncc(C)cc4C3)nc2c1. The predicted molar refractivity (Wildman–Crippen MR) is 266 cm³/mol. The average Bonchev–Trinajstić information content (AvgIpc) is 3.79. The van der Waals surface area contributed by atoms with Crippen molar-refractivity contribution in [1.82, 2.24) is 24.5 Å². The van der Waals surface area contributed by atoms with Gasteiger partial charge in [-0.05, 0) is 108 Å². The molecule has 0 spiro atoms. The lowest BCUT2D eigenvalue weighted by atomic mass is 10.1. The highest BCUT2D eigenvalue weighted by molar-refractivity contribution is 7.91. The number of sulfone groups is 2. The third-order valence-electron chi connectivity index (χ3n) is 11.0. The Morgan fingerprint density at radius 1 is 0.690 bits per heavy atom. The van der Waals surface area contributed by atoms with Crippen molar-refractivity contribution in [1.29, 1.82) is 0 Å². The Morgan fingerprint density at radius 3 is 1.72 bits per heavy atom. The van der Waals surface area contributed by atoms with Gasteiger partial charge in [-0.2, -0.15) is 0 Å². The first-order chi connectivity index (χ1) is 33.5. The number of nitrogens with zero attached hydrogens (tertiary/aromatic N) is 5. The number of rotatable bonds is 10. The number of fused-ring (bicyclic) bond motifs is 4. The van der Waals surface area contributed by atoms with Gasteiger partial charge in [0.15, 0.2) is 31.3 Å². The number of pyridine rings is 4. The molecule has 2 aromatic carbocycles. The minimum absolute atomic E-state index is 0.0201. The number of benzene rings is 2. The molecule has 0 unspecified atom stereocenters. The van der Waals surface area contributed by atoms with Gasteiger partial charge in [0.2, 0.25) is 0 Å². The van der Waals surface area contributed by atoms with E-state index in [1.807, 2.05) is 13.0 Å². The van der Waals surface area contributed by atoms with Gasteiger partial charge in [0.05, 0.1) is 56.8 Å². The number of carbonyl (C=O) groups excluding carboxylic acids is 3. The summed E-state index contributed by atoms with van der Waals surface area (Å²) in [6, 6.07) is 15.8. The fraction of sp³-hybridized carbons (Fsp3) is 0.300. The summed E-state index contributed by atoms with van der Waals surface area (Å²) in [5.41, 5.74) is 2.50. The summed E-state index contributed by atoms with van der Waals surface area (Å²) in [6.45, 7) is 15.3. The molecule has 21 heteroatoms. The first-order valence-electron chi connectivity index (χ1n) is 22.5. The zero-order valence-corrected chi connectivity index (χ0v) is 42.0. The monoisotopic (exact) mass is 1010 g/mol. The van der Waals surface area contributed by atoms with E-state index in [1.54, 1.807) is 84.1 Å². The van der Waals surface area contributed by atoms with Crippen LogP contribution >= 0.6 is 0 Å². The summed E-state index contributed by atoms with van der Waals surface area (Å²) in [5.74, 6) is -1.92. The molecular weight excluding hydrogens is 961 g/mol. The minimum atomic E-state index is -3.95. The smallest absolute Gasteiger partial charge is 0.419 e. The second-order valence-electron chi connectivity index (χ2n) is 17.3. The molecule has 1 aliphatic carbocycles. The van der Waals surface area contributed by atoms with Crippen molar-refractivity contribution in [3.63, 3.8) is 0 Å². The first kappa shape index (κ1) is 51.5. The largest absolute Gasteiger partial charge is 0.450 e. The molecule has 0 atom stereocenters. The van der Waals surface area contributed by atoms with Crippen LogP contribution < -0.4 is 10.6 Å². The molecule has 1 aliphatic rings. The molecule has 0 bridgehead atoms. The van der Waals surface area contributed by atoms with Gasteiger partial charge in [-0.25, -0.2) is 54.5 Å². The third-order valence-corrected chi connectivity index (χ3v) is 14.4. The molecule has 372 valence electrons. The van der Waals surface area contributed by atoms with Crippen molar-refractivity contribution < 1.29 is 54.2 Å². The van der Waals surface area contributed by atoms with Crippen molar-refractivity contribution in [2.75, 3.05) is 35.4 Å². The number of allylic oxidation sites excluding steroid dienone is 1. The van der Waals surface area contributed by atoms with Crippen molar-refractivity contribution in [3.8, 4) is 11.4 Å². The molecule has 7 aromatic rings. The molecule has 0 saturated carbocycles. The van der Waals surface area contributed by atoms with Gasteiger partial charge >= 0.3 is 18.3 Å². The second-order valence-corrected chi connectivity index (χ2v) is 21.8. The lowest BCUT2D eigenvalue weighted by Gasteiger charge is -2.21. The van der Waals surface area contributed by atoms with Crippen molar-refractivity contribution in [3.05, 3.63) is 107 Å². The highest BCUT2D eigenvalue weighted by Crippen LogP contribution is 2.41. The quantitative estimate of drug-likeness (QED) is 0.122. The average molecular weight is 1010 g/mol. The molecule has 0 saturated heterocycles. The van der Waals surface area contributed by atoms with Crippen LogP contribution in [0.5, 0.6) is 0 Å². The molecule has 71 heavy (non-hydrogen) atoms. The highest BCUT2D eigenvalue weighted by atomic mass is 32.2. The zero-order valence-electron chi connectivity index (χ0n) is 40.4.